The number of carbonyl (C=O) groups is 1. The molecule has 0 unspecified atom stereocenters. The van der Waals surface area contributed by atoms with Crippen molar-refractivity contribution in [3.8, 4) is 0 Å². The van der Waals surface area contributed by atoms with Gasteiger partial charge in [-0.05, 0) is 39.9 Å². The Labute approximate surface area is 110 Å². The molecule has 4 heteroatoms. The Morgan fingerprint density at radius 2 is 1.88 bits per heavy atom. The van der Waals surface area contributed by atoms with E-state index in [9.17, 15) is 4.79 Å². The summed E-state index contributed by atoms with van der Waals surface area (Å²) in [6.07, 6.45) is 4.49. The van der Waals surface area contributed by atoms with Gasteiger partial charge in [0.05, 0.1) is 6.04 Å². The van der Waals surface area contributed by atoms with Crippen molar-refractivity contribution >= 4 is 17.7 Å². The van der Waals surface area contributed by atoms with Crippen LogP contribution in [0.25, 0.3) is 0 Å². The van der Waals surface area contributed by atoms with E-state index in [1.165, 1.54) is 12.8 Å². The molecule has 0 spiro atoms. The second kappa shape index (κ2) is 6.64. The summed E-state index contributed by atoms with van der Waals surface area (Å²) in [5.74, 6) is 0.173. The van der Waals surface area contributed by atoms with Crippen LogP contribution in [0.15, 0.2) is 0 Å². The molecule has 17 heavy (non-hydrogen) atoms. The highest BCUT2D eigenvalue weighted by molar-refractivity contribution is 7.99. The first-order chi connectivity index (χ1) is 7.97. The molecule has 0 bridgehead atoms. The van der Waals surface area contributed by atoms with E-state index in [-0.39, 0.29) is 11.9 Å². The number of likely N-dealkylation sites (tertiary alicyclic amines) is 1. The topological polar surface area (TPSA) is 32.3 Å². The smallest absolute Gasteiger partial charge is 0.237 e. The fraction of sp³-hybridized carbons (Fsp3) is 0.923. The molecule has 1 rings (SSSR count). The van der Waals surface area contributed by atoms with Crippen LogP contribution in [-0.4, -0.2) is 47.0 Å². The first kappa shape index (κ1) is 14.8. The van der Waals surface area contributed by atoms with Crippen molar-refractivity contribution in [2.24, 2.45) is 0 Å². The van der Waals surface area contributed by atoms with E-state index in [4.69, 9.17) is 0 Å². The molecule has 1 aliphatic heterocycles. The Hall–Kier alpha value is -0.220. The summed E-state index contributed by atoms with van der Waals surface area (Å²) in [6, 6.07) is 1.06. The largest absolute Gasteiger partial charge is 0.354 e. The molecule has 0 radical (unpaired) electrons. The molecule has 1 saturated heterocycles. The van der Waals surface area contributed by atoms with Crippen LogP contribution in [0, 0.1) is 0 Å². The summed E-state index contributed by atoms with van der Waals surface area (Å²) >= 11 is 1.78. The highest BCUT2D eigenvalue weighted by atomic mass is 32.2. The van der Waals surface area contributed by atoms with Crippen LogP contribution in [0.2, 0.25) is 0 Å². The van der Waals surface area contributed by atoms with E-state index in [0.717, 1.165) is 6.54 Å². The van der Waals surface area contributed by atoms with Gasteiger partial charge in [0, 0.05) is 23.9 Å². The lowest BCUT2D eigenvalue weighted by Gasteiger charge is -2.31. The molecule has 100 valence electrons. The molecule has 0 saturated carbocycles. The minimum atomic E-state index is -0.00319. The van der Waals surface area contributed by atoms with E-state index in [1.54, 1.807) is 11.8 Å². The van der Waals surface area contributed by atoms with Gasteiger partial charge in [-0.25, -0.2) is 0 Å². The SMILES string of the molecule is CS[C@H](C)CNC(=O)[C@H](C)N1[C@H](C)CC[C@H]1C. The molecule has 3 nitrogen and oxygen atoms in total. The molecule has 1 aliphatic rings. The van der Waals surface area contributed by atoms with Gasteiger partial charge in [-0.3, -0.25) is 9.69 Å². The highest BCUT2D eigenvalue weighted by Crippen LogP contribution is 2.25. The number of carbonyl (C=O) groups excluding carboxylic acids is 1. The Morgan fingerprint density at radius 3 is 2.35 bits per heavy atom. The van der Waals surface area contributed by atoms with Crippen molar-refractivity contribution < 1.29 is 4.79 Å². The number of nitrogens with zero attached hydrogens (tertiary/aromatic N) is 1. The lowest BCUT2D eigenvalue weighted by atomic mass is 10.2. The zero-order valence-corrected chi connectivity index (χ0v) is 12.5. The van der Waals surface area contributed by atoms with Crippen molar-refractivity contribution in [1.82, 2.24) is 10.2 Å². The minimum absolute atomic E-state index is 0.00319. The quantitative estimate of drug-likeness (QED) is 0.820. The summed E-state index contributed by atoms with van der Waals surface area (Å²) in [5.41, 5.74) is 0. The normalized spacial score (nSPS) is 29.0. The Morgan fingerprint density at radius 1 is 1.35 bits per heavy atom. The number of thioether (sulfide) groups is 1. The molecule has 0 aromatic carbocycles. The van der Waals surface area contributed by atoms with Crippen LogP contribution >= 0.6 is 11.8 Å². The molecule has 1 heterocycles. The fourth-order valence-electron chi connectivity index (χ4n) is 2.59. The van der Waals surface area contributed by atoms with Gasteiger partial charge < -0.3 is 5.32 Å². The van der Waals surface area contributed by atoms with Gasteiger partial charge in [0.15, 0.2) is 0 Å². The Bertz CT molecular complexity index is 250. The first-order valence-electron chi connectivity index (χ1n) is 6.55. The van der Waals surface area contributed by atoms with Gasteiger partial charge in [0.25, 0.3) is 0 Å². The van der Waals surface area contributed by atoms with Gasteiger partial charge in [0.1, 0.15) is 0 Å². The highest BCUT2D eigenvalue weighted by Gasteiger charge is 2.34. The lowest BCUT2D eigenvalue weighted by molar-refractivity contribution is -0.126. The van der Waals surface area contributed by atoms with Crippen LogP contribution in [0.5, 0.6) is 0 Å². The number of amides is 1. The summed E-state index contributed by atoms with van der Waals surface area (Å²) in [6.45, 7) is 9.37. The zero-order chi connectivity index (χ0) is 13.0. The number of rotatable bonds is 5. The van der Waals surface area contributed by atoms with Gasteiger partial charge in [-0.1, -0.05) is 6.92 Å². The first-order valence-corrected chi connectivity index (χ1v) is 7.84. The molecule has 0 aromatic heterocycles. The number of hydrogen-bond donors (Lipinski definition) is 1. The van der Waals surface area contributed by atoms with Gasteiger partial charge in [-0.15, -0.1) is 0 Å². The monoisotopic (exact) mass is 258 g/mol. The van der Waals surface area contributed by atoms with E-state index in [2.05, 4.69) is 37.2 Å². The van der Waals surface area contributed by atoms with Gasteiger partial charge in [0.2, 0.25) is 5.91 Å². The molecule has 0 aromatic rings. The summed E-state index contributed by atoms with van der Waals surface area (Å²) in [5, 5.41) is 3.54. The maximum Gasteiger partial charge on any atom is 0.237 e. The fourth-order valence-corrected chi connectivity index (χ4v) is 2.84. The summed E-state index contributed by atoms with van der Waals surface area (Å²) in [7, 11) is 0. The minimum Gasteiger partial charge on any atom is -0.354 e. The zero-order valence-electron chi connectivity index (χ0n) is 11.7. The summed E-state index contributed by atoms with van der Waals surface area (Å²) < 4.78 is 0. The third kappa shape index (κ3) is 3.88. The number of nitrogens with one attached hydrogen (secondary N) is 1. The van der Waals surface area contributed by atoms with Gasteiger partial charge in [-0.2, -0.15) is 11.8 Å². The molecular weight excluding hydrogens is 232 g/mol. The van der Waals surface area contributed by atoms with Crippen molar-refractivity contribution in [3.05, 3.63) is 0 Å². The second-order valence-corrected chi connectivity index (χ2v) is 6.47. The van der Waals surface area contributed by atoms with Crippen molar-refractivity contribution in [2.45, 2.75) is 63.9 Å². The average Bonchev–Trinajstić information content (AvgIpc) is 2.64. The van der Waals surface area contributed by atoms with E-state index >= 15 is 0 Å². The maximum absolute atomic E-state index is 12.1. The van der Waals surface area contributed by atoms with E-state index < -0.39 is 0 Å². The van der Waals surface area contributed by atoms with Crippen molar-refractivity contribution in [2.75, 3.05) is 12.8 Å². The van der Waals surface area contributed by atoms with Crippen LogP contribution in [0.4, 0.5) is 0 Å². The number of hydrogen-bond acceptors (Lipinski definition) is 3. The average molecular weight is 258 g/mol. The standard InChI is InChI=1S/C13H26N2OS/c1-9-6-7-10(2)15(9)12(4)13(16)14-8-11(3)17-5/h9-12H,6-8H2,1-5H3,(H,14,16)/t9-,10-,11-,12+/m1/s1. The van der Waals surface area contributed by atoms with Crippen molar-refractivity contribution in [3.63, 3.8) is 0 Å². The lowest BCUT2D eigenvalue weighted by Crippen LogP contribution is -2.49. The molecule has 1 N–H and O–H groups in total. The van der Waals surface area contributed by atoms with Crippen LogP contribution in [-0.2, 0) is 4.79 Å². The maximum atomic E-state index is 12.1. The Kier molecular flexibility index (Phi) is 5.80. The predicted molar refractivity (Wildman–Crippen MR) is 75.4 cm³/mol. The van der Waals surface area contributed by atoms with E-state index in [1.807, 2.05) is 6.92 Å². The molecule has 0 aliphatic carbocycles. The van der Waals surface area contributed by atoms with E-state index in [0.29, 0.717) is 17.3 Å². The third-order valence-electron chi connectivity index (χ3n) is 3.81. The van der Waals surface area contributed by atoms with Crippen LogP contribution in [0.1, 0.15) is 40.5 Å². The van der Waals surface area contributed by atoms with Crippen LogP contribution in [0.3, 0.4) is 0 Å². The van der Waals surface area contributed by atoms with Crippen LogP contribution < -0.4 is 5.32 Å². The molecule has 4 atom stereocenters. The Balaban J connectivity index is 2.45. The molecule has 1 amide bonds. The van der Waals surface area contributed by atoms with Crippen molar-refractivity contribution in [1.29, 1.82) is 0 Å². The summed E-state index contributed by atoms with van der Waals surface area (Å²) in [4.78, 5) is 14.4. The molecule has 1 fully saturated rings. The third-order valence-corrected chi connectivity index (χ3v) is 4.78. The predicted octanol–water partition coefficient (Wildman–Crippen LogP) is 2.12. The molecular formula is C13H26N2OS. The van der Waals surface area contributed by atoms with Gasteiger partial charge >= 0.3 is 0 Å². The second-order valence-electron chi connectivity index (χ2n) is 5.19.